The molecule has 1 N–H and O–H groups in total. The van der Waals surface area contributed by atoms with Gasteiger partial charge >= 0.3 is 0 Å². The Morgan fingerprint density at radius 3 is 2.32 bits per heavy atom. The van der Waals surface area contributed by atoms with E-state index >= 15 is 0 Å². The van der Waals surface area contributed by atoms with Gasteiger partial charge in [-0.15, -0.1) is 0 Å². The number of nitrogens with zero attached hydrogens (tertiary/aromatic N) is 1. The van der Waals surface area contributed by atoms with Crippen LogP contribution in [0.15, 0.2) is 36.4 Å². The van der Waals surface area contributed by atoms with Crippen molar-refractivity contribution in [2.75, 3.05) is 19.7 Å². The molecule has 0 aromatic heterocycles. The van der Waals surface area contributed by atoms with E-state index in [0.29, 0.717) is 26.0 Å². The Balaban J connectivity index is 1.42. The third-order valence-corrected chi connectivity index (χ3v) is 4.61. The predicted octanol–water partition coefficient (Wildman–Crippen LogP) is 1.44. The number of aryl methyl sites for hydroxylation is 1. The Morgan fingerprint density at radius 1 is 1.12 bits per heavy atom. The molecule has 1 aliphatic carbocycles. The van der Waals surface area contributed by atoms with Crippen LogP contribution in [0.2, 0.25) is 0 Å². The number of allylic oxidation sites excluding steroid dienone is 2. The fraction of sp³-hybridized carbons (Fsp3) is 0.421. The fourth-order valence-corrected chi connectivity index (χ4v) is 3.22. The van der Waals surface area contributed by atoms with Crippen molar-refractivity contribution in [3.05, 3.63) is 42.0 Å². The number of rotatable bonds is 6. The molecule has 3 amide bonds. The zero-order chi connectivity index (χ0) is 17.8. The highest BCUT2D eigenvalue weighted by molar-refractivity contribution is 6.07. The largest absolute Gasteiger partial charge is 0.492 e. The van der Waals surface area contributed by atoms with Crippen molar-refractivity contribution >= 4 is 17.7 Å². The molecular weight excluding hydrogens is 320 g/mol. The molecule has 3 rings (SSSR count). The number of amides is 3. The molecule has 25 heavy (non-hydrogen) atoms. The minimum atomic E-state index is -0.346. The van der Waals surface area contributed by atoms with Gasteiger partial charge in [0, 0.05) is 0 Å². The lowest BCUT2D eigenvalue weighted by atomic mass is 9.85. The van der Waals surface area contributed by atoms with Gasteiger partial charge in [-0.25, -0.2) is 0 Å². The third kappa shape index (κ3) is 3.90. The smallest absolute Gasteiger partial charge is 0.240 e. The first-order valence-corrected chi connectivity index (χ1v) is 8.52. The number of hydrogen-bond donors (Lipinski definition) is 1. The Hall–Kier alpha value is -2.63. The highest BCUT2D eigenvalue weighted by atomic mass is 16.5. The summed E-state index contributed by atoms with van der Waals surface area (Å²) in [6.45, 7) is 2.43. The van der Waals surface area contributed by atoms with Crippen molar-refractivity contribution < 1.29 is 19.1 Å². The van der Waals surface area contributed by atoms with E-state index in [1.165, 1.54) is 0 Å². The zero-order valence-electron chi connectivity index (χ0n) is 14.2. The maximum Gasteiger partial charge on any atom is 0.240 e. The Kier molecular flexibility index (Phi) is 5.16. The fourth-order valence-electron chi connectivity index (χ4n) is 3.22. The van der Waals surface area contributed by atoms with Crippen molar-refractivity contribution in [1.29, 1.82) is 0 Å². The van der Waals surface area contributed by atoms with Crippen LogP contribution >= 0.6 is 0 Å². The molecule has 1 aromatic rings. The van der Waals surface area contributed by atoms with Gasteiger partial charge < -0.3 is 10.1 Å². The number of hydrogen-bond acceptors (Lipinski definition) is 4. The van der Waals surface area contributed by atoms with Crippen LogP contribution in [-0.2, 0) is 14.4 Å². The highest BCUT2D eigenvalue weighted by Gasteiger charge is 2.47. The molecule has 2 aliphatic rings. The summed E-state index contributed by atoms with van der Waals surface area (Å²) >= 11 is 0. The molecule has 6 nitrogen and oxygen atoms in total. The molecule has 0 radical (unpaired) electrons. The number of carbonyl (C=O) groups is 3. The molecule has 6 heteroatoms. The van der Waals surface area contributed by atoms with Crippen molar-refractivity contribution in [1.82, 2.24) is 10.2 Å². The maximum atomic E-state index is 12.3. The van der Waals surface area contributed by atoms with Crippen molar-refractivity contribution in [3.63, 3.8) is 0 Å². The first-order chi connectivity index (χ1) is 12.1. The first kappa shape index (κ1) is 17.2. The van der Waals surface area contributed by atoms with Gasteiger partial charge in [0.2, 0.25) is 17.7 Å². The highest BCUT2D eigenvalue weighted by Crippen LogP contribution is 2.34. The van der Waals surface area contributed by atoms with Crippen LogP contribution in [0.5, 0.6) is 5.75 Å². The molecule has 0 saturated carbocycles. The lowest BCUT2D eigenvalue weighted by Gasteiger charge is -2.14. The number of imide groups is 1. The molecule has 1 saturated heterocycles. The quantitative estimate of drug-likeness (QED) is 0.482. The lowest BCUT2D eigenvalue weighted by molar-refractivity contribution is -0.143. The van der Waals surface area contributed by atoms with Gasteiger partial charge in [0.1, 0.15) is 18.9 Å². The minimum Gasteiger partial charge on any atom is -0.492 e. The van der Waals surface area contributed by atoms with Gasteiger partial charge in [-0.1, -0.05) is 29.8 Å². The van der Waals surface area contributed by atoms with E-state index in [0.717, 1.165) is 16.2 Å². The maximum absolute atomic E-state index is 12.3. The second-order valence-electron chi connectivity index (χ2n) is 6.43. The van der Waals surface area contributed by atoms with E-state index < -0.39 is 0 Å². The van der Waals surface area contributed by atoms with Gasteiger partial charge in [0.05, 0.1) is 18.4 Å². The van der Waals surface area contributed by atoms with E-state index in [1.54, 1.807) is 0 Å². The van der Waals surface area contributed by atoms with Crippen LogP contribution in [0.25, 0.3) is 0 Å². The molecule has 0 bridgehead atoms. The Labute approximate surface area is 146 Å². The third-order valence-electron chi connectivity index (χ3n) is 4.61. The molecule has 2 atom stereocenters. The standard InChI is InChI=1S/C19H22N2O4/c1-13-6-8-14(9-7-13)25-11-10-20-17(22)12-21-18(23)15-4-2-3-5-16(15)19(21)24/h2-3,6-9,15-16H,4-5,10-12H2,1H3,(H,20,22). The molecular formula is C19H22N2O4. The summed E-state index contributed by atoms with van der Waals surface area (Å²) < 4.78 is 5.53. The average molecular weight is 342 g/mol. The SMILES string of the molecule is Cc1ccc(OCCNC(=O)CN2C(=O)C3CC=CCC3C2=O)cc1. The number of carbonyl (C=O) groups excluding carboxylic acids is 3. The number of ether oxygens (including phenoxy) is 1. The minimum absolute atomic E-state index is 0.213. The topological polar surface area (TPSA) is 75.7 Å². The summed E-state index contributed by atoms with van der Waals surface area (Å²) in [4.78, 5) is 37.7. The lowest BCUT2D eigenvalue weighted by Crippen LogP contribution is -2.42. The summed E-state index contributed by atoms with van der Waals surface area (Å²) in [5.41, 5.74) is 1.15. The number of benzene rings is 1. The van der Waals surface area contributed by atoms with E-state index in [9.17, 15) is 14.4 Å². The molecule has 1 aliphatic heterocycles. The Bertz CT molecular complexity index is 670. The molecule has 1 aromatic carbocycles. The summed E-state index contributed by atoms with van der Waals surface area (Å²) in [6.07, 6.45) is 5.02. The molecule has 0 spiro atoms. The van der Waals surface area contributed by atoms with Gasteiger partial charge in [-0.2, -0.15) is 0 Å². The van der Waals surface area contributed by atoms with Gasteiger partial charge in [0.25, 0.3) is 0 Å². The van der Waals surface area contributed by atoms with Gasteiger partial charge in [0.15, 0.2) is 0 Å². The van der Waals surface area contributed by atoms with Crippen LogP contribution < -0.4 is 10.1 Å². The normalized spacial score (nSPS) is 22.0. The molecule has 1 fully saturated rings. The van der Waals surface area contributed by atoms with Crippen molar-refractivity contribution in [2.45, 2.75) is 19.8 Å². The Morgan fingerprint density at radius 2 is 1.72 bits per heavy atom. The monoisotopic (exact) mass is 342 g/mol. The summed E-state index contributed by atoms with van der Waals surface area (Å²) in [6, 6.07) is 7.64. The van der Waals surface area contributed by atoms with Crippen molar-refractivity contribution in [2.24, 2.45) is 11.8 Å². The summed E-state index contributed by atoms with van der Waals surface area (Å²) in [5.74, 6) is -0.664. The van der Waals surface area contributed by atoms with E-state index in [-0.39, 0.29) is 36.1 Å². The molecule has 2 unspecified atom stereocenters. The first-order valence-electron chi connectivity index (χ1n) is 8.52. The zero-order valence-corrected chi connectivity index (χ0v) is 14.2. The van der Waals surface area contributed by atoms with E-state index in [2.05, 4.69) is 5.32 Å². The number of likely N-dealkylation sites (tertiary alicyclic amines) is 1. The predicted molar refractivity (Wildman–Crippen MR) is 91.8 cm³/mol. The number of nitrogens with one attached hydrogen (secondary N) is 1. The van der Waals surface area contributed by atoms with Crippen molar-refractivity contribution in [3.8, 4) is 5.75 Å². The van der Waals surface area contributed by atoms with Crippen LogP contribution in [0.3, 0.4) is 0 Å². The van der Waals surface area contributed by atoms with E-state index in [4.69, 9.17) is 4.74 Å². The van der Waals surface area contributed by atoms with E-state index in [1.807, 2.05) is 43.3 Å². The number of fused-ring (bicyclic) bond motifs is 1. The summed E-state index contributed by atoms with van der Waals surface area (Å²) in [5, 5.41) is 2.69. The molecule has 132 valence electrons. The van der Waals surface area contributed by atoms with Crippen LogP contribution in [0, 0.1) is 18.8 Å². The van der Waals surface area contributed by atoms with Crippen LogP contribution in [0.4, 0.5) is 0 Å². The van der Waals surface area contributed by atoms with Crippen LogP contribution in [-0.4, -0.2) is 42.3 Å². The van der Waals surface area contributed by atoms with Crippen LogP contribution in [0.1, 0.15) is 18.4 Å². The second kappa shape index (κ2) is 7.51. The van der Waals surface area contributed by atoms with Gasteiger partial charge in [-0.3, -0.25) is 19.3 Å². The second-order valence-corrected chi connectivity index (χ2v) is 6.43. The molecule has 1 heterocycles. The average Bonchev–Trinajstić information content (AvgIpc) is 2.86. The summed E-state index contributed by atoms with van der Waals surface area (Å²) in [7, 11) is 0. The van der Waals surface area contributed by atoms with Gasteiger partial charge in [-0.05, 0) is 31.9 Å².